The highest BCUT2D eigenvalue weighted by Gasteiger charge is 2.28. The first-order valence-corrected chi connectivity index (χ1v) is 10.2. The summed E-state index contributed by atoms with van der Waals surface area (Å²) in [6, 6.07) is 0. The zero-order valence-corrected chi connectivity index (χ0v) is 16.0. The quantitative estimate of drug-likeness (QED) is 0.339. The van der Waals surface area contributed by atoms with Crippen LogP contribution in [0.5, 0.6) is 0 Å². The second-order valence-electron chi connectivity index (χ2n) is 7.17. The van der Waals surface area contributed by atoms with Crippen molar-refractivity contribution in [3.05, 3.63) is 0 Å². The van der Waals surface area contributed by atoms with Crippen LogP contribution in [0.25, 0.3) is 0 Å². The van der Waals surface area contributed by atoms with Gasteiger partial charge in [0.2, 0.25) is 11.8 Å². The molecule has 1 aliphatic rings. The van der Waals surface area contributed by atoms with E-state index in [1.165, 1.54) is 64.2 Å². The van der Waals surface area contributed by atoms with E-state index in [0.717, 1.165) is 25.9 Å². The third-order valence-electron chi connectivity index (χ3n) is 4.91. The zero-order valence-electron chi connectivity index (χ0n) is 16.0. The van der Waals surface area contributed by atoms with Gasteiger partial charge in [-0.05, 0) is 12.8 Å². The Bertz CT molecular complexity index is 326. The Balaban J connectivity index is 2.20. The molecule has 0 atom stereocenters. The van der Waals surface area contributed by atoms with Crippen molar-refractivity contribution in [1.29, 1.82) is 0 Å². The second-order valence-corrected chi connectivity index (χ2v) is 7.17. The molecule has 0 spiro atoms. The molecule has 140 valence electrons. The van der Waals surface area contributed by atoms with Gasteiger partial charge in [-0.25, -0.2) is 0 Å². The Kier molecular flexibility index (Phi) is 11.6. The van der Waals surface area contributed by atoms with Gasteiger partial charge >= 0.3 is 0 Å². The molecule has 0 bridgehead atoms. The first-order chi connectivity index (χ1) is 11.7. The molecule has 1 heterocycles. The fourth-order valence-corrected chi connectivity index (χ4v) is 3.27. The first kappa shape index (κ1) is 21.0. The molecule has 0 radical (unpaired) electrons. The van der Waals surface area contributed by atoms with Crippen LogP contribution in [-0.4, -0.2) is 41.4 Å². The number of hydrogen-bond donors (Lipinski definition) is 0. The lowest BCUT2D eigenvalue weighted by atomic mass is 10.1. The Morgan fingerprint density at radius 1 is 0.625 bits per heavy atom. The summed E-state index contributed by atoms with van der Waals surface area (Å²) >= 11 is 0. The topological polar surface area (TPSA) is 40.6 Å². The maximum Gasteiger partial charge on any atom is 0.233 e. The Morgan fingerprint density at radius 2 is 1.00 bits per heavy atom. The molecule has 24 heavy (non-hydrogen) atoms. The molecule has 0 saturated carbocycles. The van der Waals surface area contributed by atoms with Gasteiger partial charge < -0.3 is 9.80 Å². The van der Waals surface area contributed by atoms with E-state index in [2.05, 4.69) is 13.8 Å². The molecule has 0 aromatic heterocycles. The van der Waals surface area contributed by atoms with Crippen molar-refractivity contribution >= 4 is 11.8 Å². The van der Waals surface area contributed by atoms with E-state index >= 15 is 0 Å². The second kappa shape index (κ2) is 13.3. The lowest BCUT2D eigenvalue weighted by molar-refractivity contribution is -0.151. The molecule has 1 rings (SSSR count). The highest BCUT2D eigenvalue weighted by Crippen LogP contribution is 2.14. The smallest absolute Gasteiger partial charge is 0.233 e. The third-order valence-corrected chi connectivity index (χ3v) is 4.91. The highest BCUT2D eigenvalue weighted by atomic mass is 16.2. The maximum atomic E-state index is 12.0. The molecule has 1 aliphatic heterocycles. The van der Waals surface area contributed by atoms with Crippen LogP contribution in [0.15, 0.2) is 0 Å². The minimum atomic E-state index is 0.0211. The Morgan fingerprint density at radius 3 is 1.42 bits per heavy atom. The van der Waals surface area contributed by atoms with Crippen molar-refractivity contribution in [2.45, 2.75) is 97.3 Å². The highest BCUT2D eigenvalue weighted by molar-refractivity contribution is 5.98. The molecular weight excluding hydrogens is 300 g/mol. The van der Waals surface area contributed by atoms with Crippen LogP contribution in [0.2, 0.25) is 0 Å². The van der Waals surface area contributed by atoms with E-state index in [0.29, 0.717) is 6.67 Å². The molecule has 0 unspecified atom stereocenters. The Hall–Kier alpha value is -1.06. The third kappa shape index (κ3) is 8.70. The number of unbranched alkanes of at least 4 members (excludes halogenated alkanes) is 10. The fraction of sp³-hybridized carbons (Fsp3) is 0.900. The summed E-state index contributed by atoms with van der Waals surface area (Å²) in [7, 11) is 0. The average Bonchev–Trinajstić information content (AvgIpc) is 2.57. The lowest BCUT2D eigenvalue weighted by Gasteiger charge is -2.35. The number of carbonyl (C=O) groups excluding carboxylic acids is 2. The zero-order chi connectivity index (χ0) is 17.6. The molecule has 0 N–H and O–H groups in total. The predicted molar refractivity (Wildman–Crippen MR) is 99.7 cm³/mol. The van der Waals surface area contributed by atoms with Crippen molar-refractivity contribution in [2.75, 3.05) is 19.8 Å². The van der Waals surface area contributed by atoms with Crippen molar-refractivity contribution in [2.24, 2.45) is 0 Å². The number of hydrogen-bond acceptors (Lipinski definition) is 2. The van der Waals surface area contributed by atoms with Crippen molar-refractivity contribution < 1.29 is 9.59 Å². The SMILES string of the molecule is CCCCCCCCN1CN(CCCCCCCC)C(=O)CC1=O. The minimum absolute atomic E-state index is 0.0211. The summed E-state index contributed by atoms with van der Waals surface area (Å²) in [5, 5.41) is 0. The molecule has 1 saturated heterocycles. The maximum absolute atomic E-state index is 12.0. The molecule has 4 nitrogen and oxygen atoms in total. The minimum Gasteiger partial charge on any atom is -0.324 e. The predicted octanol–water partition coefficient (Wildman–Crippen LogP) is 4.73. The van der Waals surface area contributed by atoms with Crippen LogP contribution >= 0.6 is 0 Å². The summed E-state index contributed by atoms with van der Waals surface area (Å²) in [5.41, 5.74) is 0. The van der Waals surface area contributed by atoms with Gasteiger partial charge in [0, 0.05) is 13.1 Å². The normalized spacial score (nSPS) is 15.4. The summed E-state index contributed by atoms with van der Waals surface area (Å²) in [4.78, 5) is 27.9. The first-order valence-electron chi connectivity index (χ1n) is 10.2. The van der Waals surface area contributed by atoms with E-state index in [1.54, 1.807) is 0 Å². The molecule has 0 aliphatic carbocycles. The van der Waals surface area contributed by atoms with Crippen molar-refractivity contribution in [3.63, 3.8) is 0 Å². The largest absolute Gasteiger partial charge is 0.324 e. The van der Waals surface area contributed by atoms with Gasteiger partial charge in [0.05, 0.1) is 6.67 Å². The lowest BCUT2D eigenvalue weighted by Crippen LogP contribution is -2.51. The van der Waals surface area contributed by atoms with E-state index in [-0.39, 0.29) is 18.2 Å². The number of rotatable bonds is 14. The summed E-state index contributed by atoms with van der Waals surface area (Å²) in [5.74, 6) is 0.0421. The molecule has 1 fully saturated rings. The van der Waals surface area contributed by atoms with Crippen LogP contribution in [0.1, 0.15) is 97.3 Å². The molecule has 0 aromatic carbocycles. The fourth-order valence-electron chi connectivity index (χ4n) is 3.27. The molecular formula is C20H38N2O2. The van der Waals surface area contributed by atoms with Crippen LogP contribution in [-0.2, 0) is 9.59 Å². The average molecular weight is 339 g/mol. The molecule has 0 aromatic rings. The van der Waals surface area contributed by atoms with Crippen molar-refractivity contribution in [3.8, 4) is 0 Å². The number of carbonyl (C=O) groups is 2. The van der Waals surface area contributed by atoms with Crippen LogP contribution in [0.4, 0.5) is 0 Å². The van der Waals surface area contributed by atoms with E-state index in [4.69, 9.17) is 0 Å². The van der Waals surface area contributed by atoms with Gasteiger partial charge in [-0.2, -0.15) is 0 Å². The summed E-state index contributed by atoms with van der Waals surface area (Å²) in [6.07, 6.45) is 14.8. The van der Waals surface area contributed by atoms with Crippen LogP contribution in [0, 0.1) is 0 Å². The summed E-state index contributed by atoms with van der Waals surface area (Å²) in [6.45, 7) is 6.58. The monoisotopic (exact) mass is 338 g/mol. The van der Waals surface area contributed by atoms with Gasteiger partial charge in [-0.15, -0.1) is 0 Å². The molecule has 2 amide bonds. The van der Waals surface area contributed by atoms with Gasteiger partial charge in [-0.3, -0.25) is 9.59 Å². The van der Waals surface area contributed by atoms with Crippen LogP contribution < -0.4 is 0 Å². The van der Waals surface area contributed by atoms with E-state index in [9.17, 15) is 9.59 Å². The van der Waals surface area contributed by atoms with Gasteiger partial charge in [0.1, 0.15) is 6.42 Å². The standard InChI is InChI=1S/C20H38N2O2/c1-3-5-7-9-11-13-15-21-18-22(20(24)17-19(21)23)16-14-12-10-8-6-4-2/h3-18H2,1-2H3. The van der Waals surface area contributed by atoms with Crippen molar-refractivity contribution in [1.82, 2.24) is 9.80 Å². The Labute approximate surface area is 149 Å². The van der Waals surface area contributed by atoms with E-state index in [1.807, 2.05) is 9.80 Å². The number of amides is 2. The van der Waals surface area contributed by atoms with Crippen LogP contribution in [0.3, 0.4) is 0 Å². The van der Waals surface area contributed by atoms with Gasteiger partial charge in [0.25, 0.3) is 0 Å². The number of nitrogens with zero attached hydrogens (tertiary/aromatic N) is 2. The van der Waals surface area contributed by atoms with Gasteiger partial charge in [0.15, 0.2) is 0 Å². The molecule has 4 heteroatoms. The van der Waals surface area contributed by atoms with Gasteiger partial charge in [-0.1, -0.05) is 78.1 Å². The summed E-state index contributed by atoms with van der Waals surface area (Å²) < 4.78 is 0. The van der Waals surface area contributed by atoms with E-state index < -0.39 is 0 Å².